The Morgan fingerprint density at radius 2 is 1.85 bits per heavy atom. The minimum absolute atomic E-state index is 0.342. The van der Waals surface area contributed by atoms with Gasteiger partial charge in [0.2, 0.25) is 5.85 Å². The van der Waals surface area contributed by atoms with Crippen LogP contribution in [0.5, 0.6) is 5.75 Å². The summed E-state index contributed by atoms with van der Waals surface area (Å²) in [5, 5.41) is 0. The molecule has 0 aliphatic carbocycles. The fourth-order valence-electron chi connectivity index (χ4n) is 2.79. The van der Waals surface area contributed by atoms with Gasteiger partial charge in [0.15, 0.2) is 0 Å². The highest BCUT2D eigenvalue weighted by Gasteiger charge is 2.22. The Labute approximate surface area is 165 Å². The number of hydrogen-bond donors (Lipinski definition) is 0. The predicted octanol–water partition coefficient (Wildman–Crippen LogP) is 4.36. The molecule has 3 aromatic rings. The van der Waals surface area contributed by atoms with Gasteiger partial charge in [0.05, 0.1) is 34.8 Å². The molecule has 5 nitrogen and oxygen atoms in total. The molecule has 27 heavy (non-hydrogen) atoms. The van der Waals surface area contributed by atoms with Gasteiger partial charge >= 0.3 is 0 Å². The van der Waals surface area contributed by atoms with Gasteiger partial charge in [0.1, 0.15) is 11.6 Å². The lowest BCUT2D eigenvalue weighted by Crippen LogP contribution is -2.21. The number of hydrogen-bond acceptors (Lipinski definition) is 4. The minimum Gasteiger partial charge on any atom is -0.459 e. The first-order chi connectivity index (χ1) is 12.6. The largest absolute Gasteiger partial charge is 0.459 e. The van der Waals surface area contributed by atoms with E-state index in [0.717, 1.165) is 28.2 Å². The van der Waals surface area contributed by atoms with Crippen LogP contribution in [-0.2, 0) is 16.0 Å². The van der Waals surface area contributed by atoms with Crippen LogP contribution in [-0.4, -0.2) is 27.3 Å². The Morgan fingerprint density at radius 3 is 2.48 bits per heavy atom. The molecule has 3 unspecified atom stereocenters. The Hall–Kier alpha value is -1.18. The van der Waals surface area contributed by atoms with Crippen molar-refractivity contribution in [1.29, 1.82) is 0 Å². The summed E-state index contributed by atoms with van der Waals surface area (Å²) < 4.78 is 26.1. The summed E-state index contributed by atoms with van der Waals surface area (Å²) in [4.78, 5) is 9.06. The fraction of sp³-hybridized carbons (Fsp3) is 0.333. The highest BCUT2D eigenvalue weighted by Crippen LogP contribution is 2.44. The third-order valence-electron chi connectivity index (χ3n) is 3.81. The summed E-state index contributed by atoms with van der Waals surface area (Å²) >= 11 is 0. The maximum Gasteiger partial charge on any atom is 0.242 e. The van der Waals surface area contributed by atoms with Crippen LogP contribution in [0.3, 0.4) is 0 Å². The molecule has 1 aromatic carbocycles. The van der Waals surface area contributed by atoms with E-state index in [2.05, 4.69) is 37.7 Å². The van der Waals surface area contributed by atoms with Crippen LogP contribution < -0.4 is 4.74 Å². The van der Waals surface area contributed by atoms with Crippen LogP contribution in [0.4, 0.5) is 4.39 Å². The molecule has 0 N–H and O–H groups in total. The molecule has 3 atom stereocenters. The van der Waals surface area contributed by atoms with E-state index < -0.39 is 5.85 Å². The van der Waals surface area contributed by atoms with Gasteiger partial charge in [0, 0.05) is 32.7 Å². The molecule has 3 rings (SSSR count). The molecule has 144 valence electrons. The van der Waals surface area contributed by atoms with Crippen LogP contribution in [0.2, 0.25) is 0 Å². The van der Waals surface area contributed by atoms with Crippen molar-refractivity contribution in [2.24, 2.45) is 0 Å². The zero-order valence-electron chi connectivity index (χ0n) is 15.4. The van der Waals surface area contributed by atoms with Gasteiger partial charge in [-0.1, -0.05) is 0 Å². The van der Waals surface area contributed by atoms with Crippen molar-refractivity contribution in [3.05, 3.63) is 48.2 Å². The second-order valence-corrected chi connectivity index (χ2v) is 11.7. The van der Waals surface area contributed by atoms with E-state index >= 15 is 0 Å². The average Bonchev–Trinajstić information content (AvgIpc) is 2.97. The topological polar surface area (TPSA) is 48.7 Å². The maximum atomic E-state index is 13.8. The van der Waals surface area contributed by atoms with Gasteiger partial charge in [-0.25, -0.2) is 4.98 Å². The predicted molar refractivity (Wildman–Crippen MR) is 116 cm³/mol. The zero-order chi connectivity index (χ0) is 19.8. The van der Waals surface area contributed by atoms with Crippen molar-refractivity contribution in [3.63, 3.8) is 0 Å². The monoisotopic (exact) mass is 425 g/mol. The Balaban J connectivity index is 2.09. The number of aromatic nitrogens is 3. The first-order valence-corrected chi connectivity index (χ1v) is 10.0. The number of methoxy groups -OCH3 is 1. The highest BCUT2D eigenvalue weighted by molar-refractivity contribution is 7.56. The Bertz CT molecular complexity index is 965. The van der Waals surface area contributed by atoms with E-state index in [4.69, 9.17) is 9.47 Å². The molecule has 2 aromatic heterocycles. The third-order valence-corrected chi connectivity index (χ3v) is 4.59. The van der Waals surface area contributed by atoms with Crippen molar-refractivity contribution in [1.82, 2.24) is 14.4 Å². The smallest absolute Gasteiger partial charge is 0.242 e. The van der Waals surface area contributed by atoms with Crippen molar-refractivity contribution in [2.45, 2.75) is 30.9 Å². The number of nitrogens with zero attached hydrogens (tertiary/aromatic N) is 3. The fourth-order valence-corrected chi connectivity index (χ4v) is 3.44. The van der Waals surface area contributed by atoms with Crippen molar-refractivity contribution >= 4 is 33.2 Å². The third kappa shape index (κ3) is 4.81. The second kappa shape index (κ2) is 7.68. The van der Waals surface area contributed by atoms with E-state index in [1.807, 2.05) is 16.7 Å². The molecule has 0 aliphatic heterocycles. The van der Waals surface area contributed by atoms with Crippen LogP contribution in [0.25, 0.3) is 16.8 Å². The van der Waals surface area contributed by atoms with E-state index in [1.54, 1.807) is 31.6 Å². The standard InChI is InChI=1S/C18H23FN3O2P3/c1-17(2,19)24-13-4-5-14(11(6-13)10-23-3)15-9-22-12(7-20-15)8-21-16(22)18(25,26)27/h4-9H,10,25-27H2,1-3H3. The number of rotatable bonds is 6. The lowest BCUT2D eigenvalue weighted by atomic mass is 10.0. The summed E-state index contributed by atoms with van der Waals surface area (Å²) in [5.74, 6) is -0.454. The lowest BCUT2D eigenvalue weighted by molar-refractivity contribution is -0.0258. The van der Waals surface area contributed by atoms with Crippen LogP contribution in [0.15, 0.2) is 36.8 Å². The van der Waals surface area contributed by atoms with E-state index in [-0.39, 0.29) is 4.64 Å². The summed E-state index contributed by atoms with van der Waals surface area (Å²) in [6, 6.07) is 5.39. The van der Waals surface area contributed by atoms with Gasteiger partial charge < -0.3 is 9.47 Å². The van der Waals surface area contributed by atoms with Gasteiger partial charge in [-0.2, -0.15) is 4.39 Å². The number of alkyl halides is 1. The summed E-state index contributed by atoms with van der Waals surface area (Å²) in [6.45, 7) is 3.09. The van der Waals surface area contributed by atoms with E-state index in [1.165, 1.54) is 13.8 Å². The summed E-state index contributed by atoms with van der Waals surface area (Å²) in [7, 11) is 9.83. The maximum absolute atomic E-state index is 13.8. The van der Waals surface area contributed by atoms with E-state index in [9.17, 15) is 4.39 Å². The van der Waals surface area contributed by atoms with Gasteiger partial charge in [0.25, 0.3) is 0 Å². The molecule has 0 saturated carbocycles. The molecule has 0 aliphatic rings. The number of ether oxygens (including phenoxy) is 2. The van der Waals surface area contributed by atoms with Gasteiger partial charge in [-0.3, -0.25) is 9.38 Å². The van der Waals surface area contributed by atoms with Crippen LogP contribution in [0.1, 0.15) is 25.2 Å². The number of benzene rings is 1. The van der Waals surface area contributed by atoms with Gasteiger partial charge in [-0.05, 0) is 23.8 Å². The molecule has 0 bridgehead atoms. The Morgan fingerprint density at radius 1 is 1.15 bits per heavy atom. The zero-order valence-corrected chi connectivity index (χ0v) is 18.9. The molecular weight excluding hydrogens is 402 g/mol. The molecule has 0 spiro atoms. The highest BCUT2D eigenvalue weighted by atomic mass is 31.1. The quantitative estimate of drug-likeness (QED) is 0.551. The molecule has 0 fully saturated rings. The van der Waals surface area contributed by atoms with Gasteiger partial charge in [-0.15, -0.1) is 27.7 Å². The lowest BCUT2D eigenvalue weighted by Gasteiger charge is -2.19. The first-order valence-electron chi connectivity index (χ1n) is 8.29. The number of imidazole rings is 1. The summed E-state index contributed by atoms with van der Waals surface area (Å²) in [5.41, 5.74) is 3.42. The van der Waals surface area contributed by atoms with Crippen molar-refractivity contribution in [2.75, 3.05) is 7.11 Å². The molecule has 0 amide bonds. The number of fused-ring (bicyclic) bond motifs is 1. The molecule has 2 heterocycles. The van der Waals surface area contributed by atoms with Crippen molar-refractivity contribution < 1.29 is 13.9 Å². The van der Waals surface area contributed by atoms with E-state index in [0.29, 0.717) is 12.4 Å². The van der Waals surface area contributed by atoms with Crippen LogP contribution >= 0.6 is 27.7 Å². The molecule has 0 saturated heterocycles. The minimum atomic E-state index is -1.76. The normalized spacial score (nSPS) is 12.6. The second-order valence-electron chi connectivity index (χ2n) is 6.80. The molecule has 9 heteroatoms. The summed E-state index contributed by atoms with van der Waals surface area (Å²) in [6.07, 6.45) is 5.51. The SMILES string of the molecule is COCc1cc(OC(C)(C)F)ccc1-c1cn2c(C(P)(P)P)ncc2cn1. The average molecular weight is 425 g/mol. The first kappa shape index (κ1) is 20.6. The molecular formula is C18H23FN3O2P3. The van der Waals surface area contributed by atoms with Crippen molar-refractivity contribution in [3.8, 4) is 17.0 Å². The Kier molecular flexibility index (Phi) is 5.85. The van der Waals surface area contributed by atoms with Crippen LogP contribution in [0, 0.1) is 0 Å². The molecule has 0 radical (unpaired) electrons. The number of halogens is 1.